The van der Waals surface area contributed by atoms with Gasteiger partial charge in [0.15, 0.2) is 0 Å². The predicted molar refractivity (Wildman–Crippen MR) is 133 cm³/mol. The summed E-state index contributed by atoms with van der Waals surface area (Å²) in [4.78, 5) is 28.7. The first-order chi connectivity index (χ1) is 15.9. The van der Waals surface area contributed by atoms with Crippen LogP contribution in [0, 0.1) is 5.92 Å². The molecule has 0 aromatic carbocycles. The summed E-state index contributed by atoms with van der Waals surface area (Å²) >= 11 is 0. The Morgan fingerprint density at radius 1 is 1.15 bits per heavy atom. The highest BCUT2D eigenvalue weighted by atomic mass is 16.1. The van der Waals surface area contributed by atoms with Crippen molar-refractivity contribution in [3.05, 3.63) is 42.2 Å². The summed E-state index contributed by atoms with van der Waals surface area (Å²) < 4.78 is 0. The molecule has 3 aromatic rings. The molecule has 8 heteroatoms. The van der Waals surface area contributed by atoms with Crippen LogP contribution in [0.2, 0.25) is 0 Å². The van der Waals surface area contributed by atoms with Crippen LogP contribution in [0.5, 0.6) is 0 Å². The lowest BCUT2D eigenvalue weighted by molar-refractivity contribution is 0.0956. The van der Waals surface area contributed by atoms with E-state index in [0.717, 1.165) is 47.8 Å². The van der Waals surface area contributed by atoms with E-state index in [9.17, 15) is 4.79 Å². The van der Waals surface area contributed by atoms with Crippen molar-refractivity contribution in [2.75, 3.05) is 38.2 Å². The molecule has 3 aromatic heterocycles. The summed E-state index contributed by atoms with van der Waals surface area (Å²) in [7, 11) is 4.26. The maximum absolute atomic E-state index is 12.9. The van der Waals surface area contributed by atoms with Crippen molar-refractivity contribution in [1.82, 2.24) is 25.2 Å². The average molecular weight is 448 g/mol. The Hall–Kier alpha value is -3.26. The van der Waals surface area contributed by atoms with E-state index >= 15 is 0 Å². The summed E-state index contributed by atoms with van der Waals surface area (Å²) in [6.07, 6.45) is 7.80. The lowest BCUT2D eigenvalue weighted by atomic mass is 9.85. The number of carbonyl (C=O) groups is 1. The summed E-state index contributed by atoms with van der Waals surface area (Å²) in [5.41, 5.74) is 10.3. The van der Waals surface area contributed by atoms with Gasteiger partial charge in [-0.1, -0.05) is 0 Å². The first-order valence-corrected chi connectivity index (χ1v) is 11.7. The van der Waals surface area contributed by atoms with Crippen LogP contribution in [0.25, 0.3) is 22.3 Å². The SMILES string of the molecule is CCNC(=O)c1cnc2ccc(-c3ccnc(N)c3)nc2c1NC1CCC(CN(C)C)CC1. The zero-order chi connectivity index (χ0) is 23.4. The van der Waals surface area contributed by atoms with Crippen molar-refractivity contribution in [2.45, 2.75) is 38.6 Å². The van der Waals surface area contributed by atoms with Crippen LogP contribution in [0.15, 0.2) is 36.7 Å². The molecule has 1 aliphatic rings. The standard InChI is InChI=1S/C25H33N7O/c1-4-27-25(33)19-14-29-21-10-9-20(17-11-12-28-22(26)13-17)31-24(21)23(19)30-18-7-5-16(6-8-18)15-32(2)3/h9-14,16,18H,4-8,15H2,1-3H3,(H2,26,28)(H,27,33)(H,29,30). The van der Waals surface area contributed by atoms with Gasteiger partial charge in [-0.2, -0.15) is 0 Å². The monoisotopic (exact) mass is 447 g/mol. The fraction of sp³-hybridized carbons (Fsp3) is 0.440. The van der Waals surface area contributed by atoms with Crippen molar-refractivity contribution < 1.29 is 4.79 Å². The van der Waals surface area contributed by atoms with Crippen LogP contribution in [-0.4, -0.2) is 59.0 Å². The number of amides is 1. The summed E-state index contributed by atoms with van der Waals surface area (Å²) in [5, 5.41) is 6.59. The van der Waals surface area contributed by atoms with Crippen molar-refractivity contribution in [2.24, 2.45) is 5.92 Å². The number of fused-ring (bicyclic) bond motifs is 1. The number of nitrogens with one attached hydrogen (secondary N) is 2. The number of nitrogen functional groups attached to an aromatic ring is 1. The highest BCUT2D eigenvalue weighted by Crippen LogP contribution is 2.32. The molecular formula is C25H33N7O. The second kappa shape index (κ2) is 10.1. The van der Waals surface area contributed by atoms with E-state index in [0.29, 0.717) is 29.5 Å². The Labute approximate surface area is 195 Å². The van der Waals surface area contributed by atoms with Gasteiger partial charge in [-0.15, -0.1) is 0 Å². The number of hydrogen-bond acceptors (Lipinski definition) is 7. The van der Waals surface area contributed by atoms with Gasteiger partial charge >= 0.3 is 0 Å². The van der Waals surface area contributed by atoms with Gasteiger partial charge in [0.05, 0.1) is 22.5 Å². The predicted octanol–water partition coefficient (Wildman–Crippen LogP) is 3.56. The van der Waals surface area contributed by atoms with Gasteiger partial charge in [0.25, 0.3) is 5.91 Å². The van der Waals surface area contributed by atoms with Crippen molar-refractivity contribution >= 4 is 28.4 Å². The number of rotatable bonds is 7. The van der Waals surface area contributed by atoms with Crippen LogP contribution >= 0.6 is 0 Å². The highest BCUT2D eigenvalue weighted by molar-refractivity contribution is 6.06. The topological polar surface area (TPSA) is 109 Å². The number of anilines is 2. The fourth-order valence-corrected chi connectivity index (χ4v) is 4.62. The second-order valence-corrected chi connectivity index (χ2v) is 9.06. The molecule has 0 saturated heterocycles. The van der Waals surface area contributed by atoms with Crippen LogP contribution in [0.1, 0.15) is 43.0 Å². The van der Waals surface area contributed by atoms with Crippen molar-refractivity contribution in [1.29, 1.82) is 0 Å². The van der Waals surface area contributed by atoms with E-state index in [1.165, 1.54) is 12.8 Å². The zero-order valence-electron chi connectivity index (χ0n) is 19.6. The molecule has 1 fully saturated rings. The van der Waals surface area contributed by atoms with E-state index in [1.807, 2.05) is 25.1 Å². The quantitative estimate of drug-likeness (QED) is 0.508. The Balaban J connectivity index is 1.70. The number of nitrogens with zero attached hydrogens (tertiary/aromatic N) is 4. The largest absolute Gasteiger partial charge is 0.384 e. The normalized spacial score (nSPS) is 18.4. The molecule has 1 amide bonds. The number of hydrogen-bond donors (Lipinski definition) is 3. The summed E-state index contributed by atoms with van der Waals surface area (Å²) in [6, 6.07) is 7.84. The molecule has 4 N–H and O–H groups in total. The lowest BCUT2D eigenvalue weighted by Crippen LogP contribution is -2.32. The fourth-order valence-electron chi connectivity index (χ4n) is 4.62. The van der Waals surface area contributed by atoms with E-state index in [2.05, 4.69) is 39.6 Å². The first-order valence-electron chi connectivity index (χ1n) is 11.7. The molecule has 0 radical (unpaired) electrons. The van der Waals surface area contributed by atoms with E-state index in [4.69, 9.17) is 10.7 Å². The van der Waals surface area contributed by atoms with E-state index < -0.39 is 0 Å². The average Bonchev–Trinajstić information content (AvgIpc) is 2.80. The van der Waals surface area contributed by atoms with Crippen LogP contribution in [-0.2, 0) is 0 Å². The molecule has 1 saturated carbocycles. The van der Waals surface area contributed by atoms with Crippen LogP contribution in [0.3, 0.4) is 0 Å². The number of aromatic nitrogens is 3. The molecule has 0 spiro atoms. The number of carbonyl (C=O) groups excluding carboxylic acids is 1. The molecule has 4 rings (SSSR count). The molecule has 0 atom stereocenters. The molecule has 0 bridgehead atoms. The molecular weight excluding hydrogens is 414 g/mol. The van der Waals surface area contributed by atoms with Gasteiger partial charge in [0.2, 0.25) is 0 Å². The first kappa shape index (κ1) is 22.9. The van der Waals surface area contributed by atoms with Crippen LogP contribution < -0.4 is 16.4 Å². The van der Waals surface area contributed by atoms with Gasteiger partial charge in [-0.25, -0.2) is 9.97 Å². The highest BCUT2D eigenvalue weighted by Gasteiger charge is 2.24. The molecule has 33 heavy (non-hydrogen) atoms. The second-order valence-electron chi connectivity index (χ2n) is 9.06. The Morgan fingerprint density at radius 3 is 2.64 bits per heavy atom. The molecule has 174 valence electrons. The smallest absolute Gasteiger partial charge is 0.255 e. The van der Waals surface area contributed by atoms with Gasteiger partial charge < -0.3 is 21.3 Å². The Morgan fingerprint density at radius 2 is 1.94 bits per heavy atom. The minimum Gasteiger partial charge on any atom is -0.384 e. The Kier molecular flexibility index (Phi) is 7.03. The van der Waals surface area contributed by atoms with Crippen LogP contribution in [0.4, 0.5) is 11.5 Å². The lowest BCUT2D eigenvalue weighted by Gasteiger charge is -2.31. The van der Waals surface area contributed by atoms with Gasteiger partial charge in [0.1, 0.15) is 11.3 Å². The molecule has 0 unspecified atom stereocenters. The van der Waals surface area contributed by atoms with E-state index in [-0.39, 0.29) is 5.91 Å². The zero-order valence-corrected chi connectivity index (χ0v) is 19.6. The maximum Gasteiger partial charge on any atom is 0.255 e. The third kappa shape index (κ3) is 5.39. The van der Waals surface area contributed by atoms with Crippen molar-refractivity contribution in [3.8, 4) is 11.3 Å². The molecule has 0 aliphatic heterocycles. The molecule has 8 nitrogen and oxygen atoms in total. The minimum atomic E-state index is -0.143. The third-order valence-electron chi connectivity index (χ3n) is 6.19. The van der Waals surface area contributed by atoms with Gasteiger partial charge in [-0.3, -0.25) is 9.78 Å². The molecule has 3 heterocycles. The number of pyridine rings is 3. The van der Waals surface area contributed by atoms with Crippen molar-refractivity contribution in [3.63, 3.8) is 0 Å². The van der Waals surface area contributed by atoms with Gasteiger partial charge in [0, 0.05) is 37.1 Å². The van der Waals surface area contributed by atoms with E-state index in [1.54, 1.807) is 18.5 Å². The van der Waals surface area contributed by atoms with Gasteiger partial charge in [-0.05, 0) is 76.9 Å². The Bertz CT molecular complexity index is 1120. The summed E-state index contributed by atoms with van der Waals surface area (Å²) in [6.45, 7) is 3.58. The number of nitrogens with two attached hydrogens (primary N) is 1. The molecule has 1 aliphatic carbocycles. The third-order valence-corrected chi connectivity index (χ3v) is 6.19. The maximum atomic E-state index is 12.9. The summed E-state index contributed by atoms with van der Waals surface area (Å²) in [5.74, 6) is 1.02. The minimum absolute atomic E-state index is 0.143.